The highest BCUT2D eigenvalue weighted by Crippen LogP contribution is 2.33. The first-order chi connectivity index (χ1) is 13.5. The molecule has 28 heavy (non-hydrogen) atoms. The number of allylic oxidation sites excluding steroid dienone is 2. The van der Waals surface area contributed by atoms with Crippen LogP contribution in [0.1, 0.15) is 66.8 Å². The van der Waals surface area contributed by atoms with Gasteiger partial charge in [-0.2, -0.15) is 0 Å². The summed E-state index contributed by atoms with van der Waals surface area (Å²) in [5.41, 5.74) is 12.7. The van der Waals surface area contributed by atoms with Gasteiger partial charge in [-0.15, -0.1) is 6.58 Å². The summed E-state index contributed by atoms with van der Waals surface area (Å²) in [5.74, 6) is 0. The van der Waals surface area contributed by atoms with E-state index >= 15 is 0 Å². The number of anilines is 1. The Morgan fingerprint density at radius 1 is 0.929 bits per heavy atom. The summed E-state index contributed by atoms with van der Waals surface area (Å²) in [5, 5.41) is 3.75. The Kier molecular flexibility index (Phi) is 6.78. The zero-order chi connectivity index (χ0) is 20.1. The highest BCUT2D eigenvalue weighted by atomic mass is 14.9. The van der Waals surface area contributed by atoms with Gasteiger partial charge in [0.2, 0.25) is 0 Å². The van der Waals surface area contributed by atoms with E-state index in [2.05, 4.69) is 76.0 Å². The van der Waals surface area contributed by atoms with Crippen molar-refractivity contribution in [1.29, 1.82) is 0 Å². The Balaban J connectivity index is 1.77. The van der Waals surface area contributed by atoms with E-state index in [1.54, 1.807) is 11.1 Å². The number of aryl methyl sites for hydroxylation is 2. The molecule has 1 aliphatic carbocycles. The van der Waals surface area contributed by atoms with Gasteiger partial charge in [0.15, 0.2) is 0 Å². The van der Waals surface area contributed by atoms with Crippen molar-refractivity contribution in [2.75, 3.05) is 11.9 Å². The highest BCUT2D eigenvalue weighted by molar-refractivity contribution is 5.71. The van der Waals surface area contributed by atoms with E-state index in [1.807, 2.05) is 0 Å². The summed E-state index contributed by atoms with van der Waals surface area (Å²) < 4.78 is 0. The molecule has 1 aliphatic rings. The van der Waals surface area contributed by atoms with Crippen molar-refractivity contribution in [3.05, 3.63) is 81.9 Å². The van der Waals surface area contributed by atoms with Crippen molar-refractivity contribution < 1.29 is 0 Å². The molecular formula is C27H35N. The summed E-state index contributed by atoms with van der Waals surface area (Å²) in [4.78, 5) is 0. The third kappa shape index (κ3) is 4.95. The van der Waals surface area contributed by atoms with E-state index in [4.69, 9.17) is 0 Å². The Morgan fingerprint density at radius 2 is 1.64 bits per heavy atom. The molecular weight excluding hydrogens is 338 g/mol. The molecule has 0 spiro atoms. The summed E-state index contributed by atoms with van der Waals surface area (Å²) in [6.07, 6.45) is 7.19. The van der Waals surface area contributed by atoms with Crippen LogP contribution in [0.15, 0.2) is 54.1 Å². The largest absolute Gasteiger partial charge is 0.381 e. The van der Waals surface area contributed by atoms with Crippen LogP contribution in [0.2, 0.25) is 0 Å². The number of rotatable bonds is 7. The van der Waals surface area contributed by atoms with Gasteiger partial charge in [0.25, 0.3) is 0 Å². The lowest BCUT2D eigenvalue weighted by atomic mass is 9.87. The maximum atomic E-state index is 4.04. The molecule has 1 N–H and O–H groups in total. The van der Waals surface area contributed by atoms with Crippen LogP contribution in [0.5, 0.6) is 0 Å². The van der Waals surface area contributed by atoms with Gasteiger partial charge < -0.3 is 5.32 Å². The quantitative estimate of drug-likeness (QED) is 0.494. The second-order valence-electron chi connectivity index (χ2n) is 8.49. The molecule has 1 nitrogen and oxygen atoms in total. The Bertz CT molecular complexity index is 868. The number of nitrogens with one attached hydrogen (secondary N) is 1. The fraction of sp³-hybridized carbons (Fsp3) is 0.407. The first-order valence-corrected chi connectivity index (χ1v) is 10.7. The Morgan fingerprint density at radius 3 is 2.36 bits per heavy atom. The Labute approximate surface area is 171 Å². The van der Waals surface area contributed by atoms with Gasteiger partial charge in [-0.1, -0.05) is 41.5 Å². The first kappa shape index (κ1) is 20.5. The maximum Gasteiger partial charge on any atom is 0.0375 e. The van der Waals surface area contributed by atoms with Crippen LogP contribution in [-0.2, 0) is 6.42 Å². The van der Waals surface area contributed by atoms with E-state index < -0.39 is 0 Å². The molecule has 3 rings (SSSR count). The molecule has 148 valence electrons. The molecule has 0 saturated heterocycles. The minimum atomic E-state index is 0.953. The minimum absolute atomic E-state index is 0.953. The lowest BCUT2D eigenvalue weighted by Gasteiger charge is -2.23. The first-order valence-electron chi connectivity index (χ1n) is 10.7. The topological polar surface area (TPSA) is 12.0 Å². The second kappa shape index (κ2) is 9.28. The normalized spacial score (nSPS) is 14.3. The van der Waals surface area contributed by atoms with Gasteiger partial charge in [-0.05, 0) is 106 Å². The number of benzene rings is 2. The van der Waals surface area contributed by atoms with Gasteiger partial charge in [0.05, 0.1) is 0 Å². The second-order valence-corrected chi connectivity index (χ2v) is 8.49. The van der Waals surface area contributed by atoms with Crippen molar-refractivity contribution in [3.63, 3.8) is 0 Å². The van der Waals surface area contributed by atoms with E-state index in [-0.39, 0.29) is 0 Å². The number of hydrogen-bond acceptors (Lipinski definition) is 1. The lowest BCUT2D eigenvalue weighted by Crippen LogP contribution is -2.11. The molecule has 0 aliphatic heterocycles. The highest BCUT2D eigenvalue weighted by Gasteiger charge is 2.15. The van der Waals surface area contributed by atoms with Crippen molar-refractivity contribution >= 4 is 11.3 Å². The van der Waals surface area contributed by atoms with Gasteiger partial charge in [0, 0.05) is 12.2 Å². The fourth-order valence-corrected chi connectivity index (χ4v) is 4.16. The van der Waals surface area contributed by atoms with Crippen LogP contribution in [0, 0.1) is 20.8 Å². The summed E-state index contributed by atoms with van der Waals surface area (Å²) in [6, 6.07) is 13.6. The third-order valence-corrected chi connectivity index (χ3v) is 6.19. The molecule has 0 heterocycles. The average molecular weight is 374 g/mol. The predicted octanol–water partition coefficient (Wildman–Crippen LogP) is 7.56. The fourth-order valence-electron chi connectivity index (χ4n) is 4.16. The van der Waals surface area contributed by atoms with Crippen molar-refractivity contribution in [3.8, 4) is 0 Å². The summed E-state index contributed by atoms with van der Waals surface area (Å²) >= 11 is 0. The Hall–Kier alpha value is -2.28. The lowest BCUT2D eigenvalue weighted by molar-refractivity contribution is 0.708. The molecule has 0 unspecified atom stereocenters. The molecule has 0 amide bonds. The van der Waals surface area contributed by atoms with Gasteiger partial charge in [0.1, 0.15) is 0 Å². The molecule has 1 heteroatoms. The predicted molar refractivity (Wildman–Crippen MR) is 124 cm³/mol. The van der Waals surface area contributed by atoms with Gasteiger partial charge >= 0.3 is 0 Å². The average Bonchev–Trinajstić information content (AvgIpc) is 2.69. The maximum absolute atomic E-state index is 4.04. The monoisotopic (exact) mass is 373 g/mol. The van der Waals surface area contributed by atoms with E-state index in [0.717, 1.165) is 19.4 Å². The van der Waals surface area contributed by atoms with Gasteiger partial charge in [-0.3, -0.25) is 0 Å². The molecule has 0 aromatic heterocycles. The van der Waals surface area contributed by atoms with Crippen LogP contribution in [0.3, 0.4) is 0 Å². The zero-order valence-electron chi connectivity index (χ0n) is 18.1. The van der Waals surface area contributed by atoms with E-state index in [1.165, 1.54) is 64.8 Å². The van der Waals surface area contributed by atoms with Crippen molar-refractivity contribution in [2.24, 2.45) is 0 Å². The SMILES string of the molecule is C=C(C)CCc1ccc(NCC2=C(c3ccc(C)cc3)CCCC2)c(C)c1C. The van der Waals surface area contributed by atoms with Crippen LogP contribution in [0.4, 0.5) is 5.69 Å². The van der Waals surface area contributed by atoms with Crippen molar-refractivity contribution in [1.82, 2.24) is 0 Å². The molecule has 2 aromatic rings. The summed E-state index contributed by atoms with van der Waals surface area (Å²) in [6.45, 7) is 13.8. The van der Waals surface area contributed by atoms with Crippen molar-refractivity contribution in [2.45, 2.75) is 66.2 Å². The molecule has 0 fully saturated rings. The molecule has 0 radical (unpaired) electrons. The molecule has 2 aromatic carbocycles. The zero-order valence-corrected chi connectivity index (χ0v) is 18.1. The van der Waals surface area contributed by atoms with Crippen LogP contribution in [-0.4, -0.2) is 6.54 Å². The number of hydrogen-bond donors (Lipinski definition) is 1. The third-order valence-electron chi connectivity index (χ3n) is 6.19. The molecule has 0 saturated carbocycles. The standard InChI is InChI=1S/C27H35N/c1-19(2)10-13-23-16-17-27(22(5)21(23)4)28-18-25-8-6-7-9-26(25)24-14-11-20(3)12-15-24/h11-12,14-17,28H,1,6-10,13,18H2,2-5H3. The van der Waals surface area contributed by atoms with Crippen LogP contribution < -0.4 is 5.32 Å². The molecule has 0 atom stereocenters. The van der Waals surface area contributed by atoms with Crippen LogP contribution >= 0.6 is 0 Å². The van der Waals surface area contributed by atoms with E-state index in [9.17, 15) is 0 Å². The smallest absolute Gasteiger partial charge is 0.0375 e. The summed E-state index contributed by atoms with van der Waals surface area (Å²) in [7, 11) is 0. The van der Waals surface area contributed by atoms with Crippen LogP contribution in [0.25, 0.3) is 5.57 Å². The minimum Gasteiger partial charge on any atom is -0.381 e. The molecule has 0 bridgehead atoms. The van der Waals surface area contributed by atoms with Gasteiger partial charge in [-0.25, -0.2) is 0 Å². The van der Waals surface area contributed by atoms with E-state index in [0.29, 0.717) is 0 Å².